The van der Waals surface area contributed by atoms with Crippen LogP contribution < -0.4 is 10.6 Å². The van der Waals surface area contributed by atoms with Crippen molar-refractivity contribution in [3.8, 4) is 0 Å². The summed E-state index contributed by atoms with van der Waals surface area (Å²) in [6.07, 6.45) is 3.83. The lowest BCUT2D eigenvalue weighted by atomic mass is 10.1. The van der Waals surface area contributed by atoms with E-state index in [0.29, 0.717) is 23.9 Å². The van der Waals surface area contributed by atoms with Crippen LogP contribution in [0.25, 0.3) is 11.0 Å². The summed E-state index contributed by atoms with van der Waals surface area (Å²) < 4.78 is 26.2. The van der Waals surface area contributed by atoms with Gasteiger partial charge in [0.1, 0.15) is 5.82 Å². The van der Waals surface area contributed by atoms with Gasteiger partial charge in [0, 0.05) is 12.6 Å². The van der Waals surface area contributed by atoms with Gasteiger partial charge in [-0.25, -0.2) is 23.1 Å². The van der Waals surface area contributed by atoms with Gasteiger partial charge in [-0.1, -0.05) is 23.9 Å². The Morgan fingerprint density at radius 2 is 1.82 bits per heavy atom. The van der Waals surface area contributed by atoms with E-state index in [0.717, 1.165) is 16.8 Å². The van der Waals surface area contributed by atoms with Crippen molar-refractivity contribution >= 4 is 44.4 Å². The number of hydrogen-bond acceptors (Lipinski definition) is 8. The zero-order chi connectivity index (χ0) is 24.2. The number of nitrogens with one attached hydrogen (secondary N) is 2. The molecular formula is C22H30N6O3S2. The Bertz CT molecular complexity index is 1220. The molecule has 1 aromatic carbocycles. The summed E-state index contributed by atoms with van der Waals surface area (Å²) in [5.74, 6) is 0.602. The Morgan fingerprint density at radius 1 is 1.12 bits per heavy atom. The largest absolute Gasteiger partial charge is 0.367 e. The van der Waals surface area contributed by atoms with E-state index in [-0.39, 0.29) is 23.3 Å². The van der Waals surface area contributed by atoms with Crippen LogP contribution in [0.1, 0.15) is 33.3 Å². The van der Waals surface area contributed by atoms with Crippen LogP contribution in [-0.2, 0) is 27.6 Å². The fourth-order valence-electron chi connectivity index (χ4n) is 3.19. The van der Waals surface area contributed by atoms with Crippen LogP contribution in [0.15, 0.2) is 40.5 Å². The van der Waals surface area contributed by atoms with Gasteiger partial charge in [-0.2, -0.15) is 5.10 Å². The second-order valence-corrected chi connectivity index (χ2v) is 11.5. The van der Waals surface area contributed by atoms with Crippen LogP contribution in [0.3, 0.4) is 0 Å². The fourth-order valence-corrected chi connectivity index (χ4v) is 4.61. The molecule has 0 aliphatic rings. The average Bonchev–Trinajstić information content (AvgIpc) is 3.16. The minimum absolute atomic E-state index is 0.146. The van der Waals surface area contributed by atoms with Gasteiger partial charge in [-0.3, -0.25) is 4.79 Å². The van der Waals surface area contributed by atoms with Gasteiger partial charge >= 0.3 is 0 Å². The maximum absolute atomic E-state index is 12.4. The van der Waals surface area contributed by atoms with Crippen LogP contribution in [0.5, 0.6) is 0 Å². The predicted molar refractivity (Wildman–Crippen MR) is 131 cm³/mol. The summed E-state index contributed by atoms with van der Waals surface area (Å²) in [4.78, 5) is 21.8. The molecule has 2 aromatic heterocycles. The van der Waals surface area contributed by atoms with E-state index in [4.69, 9.17) is 0 Å². The molecule has 0 spiro atoms. The third-order valence-corrected chi connectivity index (χ3v) is 7.68. The van der Waals surface area contributed by atoms with Gasteiger partial charge in [-0.15, -0.1) is 0 Å². The first-order valence-corrected chi connectivity index (χ1v) is 13.5. The summed E-state index contributed by atoms with van der Waals surface area (Å²) in [5, 5.41) is 11.6. The van der Waals surface area contributed by atoms with Gasteiger partial charge in [0.05, 0.1) is 34.7 Å². The number of carbonyl (C=O) groups is 1. The highest BCUT2D eigenvalue weighted by Gasteiger charge is 2.19. The van der Waals surface area contributed by atoms with Gasteiger partial charge in [0.15, 0.2) is 20.6 Å². The van der Waals surface area contributed by atoms with Crippen molar-refractivity contribution in [1.82, 2.24) is 25.1 Å². The van der Waals surface area contributed by atoms with E-state index in [1.165, 1.54) is 11.8 Å². The van der Waals surface area contributed by atoms with Crippen LogP contribution >= 0.6 is 11.8 Å². The molecule has 33 heavy (non-hydrogen) atoms. The maximum atomic E-state index is 12.4. The second-order valence-electron chi connectivity index (χ2n) is 8.23. The first-order valence-electron chi connectivity index (χ1n) is 10.8. The molecule has 0 saturated carbocycles. The van der Waals surface area contributed by atoms with Gasteiger partial charge < -0.3 is 10.6 Å². The van der Waals surface area contributed by atoms with Crippen LogP contribution in [0.4, 0.5) is 5.82 Å². The number of hydrogen-bond donors (Lipinski definition) is 2. The van der Waals surface area contributed by atoms with Crippen LogP contribution in [0, 0.1) is 0 Å². The van der Waals surface area contributed by atoms with Crippen molar-refractivity contribution in [1.29, 1.82) is 0 Å². The average molecular weight is 491 g/mol. The van der Waals surface area contributed by atoms with Crippen LogP contribution in [0.2, 0.25) is 0 Å². The highest BCUT2D eigenvalue weighted by Crippen LogP contribution is 2.24. The Labute approximate surface area is 198 Å². The topological polar surface area (TPSA) is 119 Å². The number of benzene rings is 1. The van der Waals surface area contributed by atoms with Crippen molar-refractivity contribution in [2.45, 2.75) is 62.0 Å². The Hall–Kier alpha value is -2.66. The van der Waals surface area contributed by atoms with Crippen molar-refractivity contribution in [3.63, 3.8) is 0 Å². The number of aromatic nitrogens is 4. The summed E-state index contributed by atoms with van der Waals surface area (Å²) in [6, 6.07) is 6.69. The second kappa shape index (κ2) is 10.5. The number of carbonyl (C=O) groups excluding carboxylic acids is 1. The molecule has 9 nitrogen and oxygen atoms in total. The summed E-state index contributed by atoms with van der Waals surface area (Å²) >= 11 is 1.46. The minimum Gasteiger partial charge on any atom is -0.367 e. The molecule has 0 aliphatic heterocycles. The van der Waals surface area contributed by atoms with Gasteiger partial charge in [-0.05, 0) is 51.6 Å². The highest BCUT2D eigenvalue weighted by molar-refractivity contribution is 7.98. The number of anilines is 1. The van der Waals surface area contributed by atoms with E-state index in [2.05, 4.69) is 25.7 Å². The summed E-state index contributed by atoms with van der Waals surface area (Å²) in [6.45, 7) is 8.24. The first kappa shape index (κ1) is 25.0. The fraction of sp³-hybridized carbons (Fsp3) is 0.455. The molecule has 2 N–H and O–H groups in total. The smallest absolute Gasteiger partial charge is 0.224 e. The first-order chi connectivity index (χ1) is 15.6. The summed E-state index contributed by atoms with van der Waals surface area (Å²) in [5.41, 5.74) is 1.47. The number of thioether (sulfide) groups is 1. The molecule has 0 bridgehead atoms. The molecule has 178 valence electrons. The normalized spacial score (nSPS) is 12.0. The molecule has 0 aliphatic carbocycles. The van der Waals surface area contributed by atoms with Crippen LogP contribution in [-0.4, -0.2) is 58.2 Å². The van der Waals surface area contributed by atoms with E-state index in [9.17, 15) is 13.2 Å². The number of amides is 1. The molecule has 1 amide bonds. The number of rotatable bonds is 10. The Balaban J connectivity index is 1.62. The number of fused-ring (bicyclic) bond motifs is 1. The van der Waals surface area contributed by atoms with Gasteiger partial charge in [0.25, 0.3) is 0 Å². The molecule has 2 heterocycles. The molecule has 11 heteroatoms. The minimum atomic E-state index is -3.32. The number of nitrogens with zero attached hydrogens (tertiary/aromatic N) is 4. The summed E-state index contributed by atoms with van der Waals surface area (Å²) in [7, 11) is -3.32. The van der Waals surface area contributed by atoms with E-state index >= 15 is 0 Å². The third-order valence-electron chi connectivity index (χ3n) is 4.97. The molecule has 0 unspecified atom stereocenters. The predicted octanol–water partition coefficient (Wildman–Crippen LogP) is 2.91. The molecular weight excluding hydrogens is 460 g/mol. The van der Waals surface area contributed by atoms with Crippen molar-refractivity contribution in [2.24, 2.45) is 0 Å². The molecule has 0 atom stereocenters. The highest BCUT2D eigenvalue weighted by atomic mass is 32.2. The zero-order valence-corrected chi connectivity index (χ0v) is 21.1. The molecule has 0 radical (unpaired) electrons. The molecule has 3 aromatic rings. The van der Waals surface area contributed by atoms with Crippen molar-refractivity contribution < 1.29 is 13.2 Å². The van der Waals surface area contributed by atoms with E-state index < -0.39 is 15.1 Å². The zero-order valence-electron chi connectivity index (χ0n) is 19.5. The van der Waals surface area contributed by atoms with Crippen molar-refractivity contribution in [3.05, 3.63) is 36.0 Å². The van der Waals surface area contributed by atoms with Crippen molar-refractivity contribution in [2.75, 3.05) is 18.1 Å². The third kappa shape index (κ3) is 6.02. The lowest BCUT2D eigenvalue weighted by Crippen LogP contribution is -2.29. The van der Waals surface area contributed by atoms with E-state index in [1.807, 2.05) is 20.1 Å². The lowest BCUT2D eigenvalue weighted by molar-refractivity contribution is -0.120. The molecule has 0 fully saturated rings. The Kier molecular flexibility index (Phi) is 7.96. The Morgan fingerprint density at radius 3 is 2.42 bits per heavy atom. The SMILES string of the molecule is CSc1nc(NC(C)C)c2cnn(CCNC(=O)Cc3ccc(S(=O)(=O)C(C)C)cc3)c2n1. The lowest BCUT2D eigenvalue weighted by Gasteiger charge is -2.11. The van der Waals surface area contributed by atoms with E-state index in [1.54, 1.807) is 49.0 Å². The number of sulfone groups is 1. The maximum Gasteiger partial charge on any atom is 0.224 e. The monoisotopic (exact) mass is 490 g/mol. The standard InChI is InChI=1S/C22H30N6O3S2/c1-14(2)25-20-18-13-24-28(21(18)27-22(26-20)32-5)11-10-23-19(29)12-16-6-8-17(9-7-16)33(30,31)15(3)4/h6-9,13-15H,10-12H2,1-5H3,(H,23,29)(H,25,26,27). The molecule has 3 rings (SSSR count). The quantitative estimate of drug-likeness (QED) is 0.329. The molecule has 0 saturated heterocycles. The van der Waals surface area contributed by atoms with Gasteiger partial charge in [0.2, 0.25) is 5.91 Å².